The Morgan fingerprint density at radius 1 is 1.07 bits per heavy atom. The van der Waals surface area contributed by atoms with Crippen molar-refractivity contribution in [3.05, 3.63) is 71.4 Å². The van der Waals surface area contributed by atoms with E-state index in [1.54, 1.807) is 6.92 Å². The van der Waals surface area contributed by atoms with Crippen molar-refractivity contribution < 1.29 is 27.4 Å². The first kappa shape index (κ1) is 18.4. The molecule has 0 saturated carbocycles. The van der Waals surface area contributed by atoms with E-state index in [1.807, 2.05) is 0 Å². The number of ether oxygens (including phenoxy) is 2. The Hall–Kier alpha value is -3.36. The smallest absolute Gasteiger partial charge is 0.341 e. The van der Waals surface area contributed by atoms with Crippen LogP contribution in [-0.4, -0.2) is 27.3 Å². The zero-order chi connectivity index (χ0) is 19.4. The number of hydrogen-bond acceptors (Lipinski definition) is 5. The third kappa shape index (κ3) is 4.43. The monoisotopic (exact) mass is 377 g/mol. The highest BCUT2D eigenvalue weighted by Gasteiger charge is 2.15. The topological polar surface area (TPSA) is 66.2 Å². The normalized spacial score (nSPS) is 10.7. The molecule has 140 valence electrons. The van der Waals surface area contributed by atoms with E-state index in [0.29, 0.717) is 0 Å². The lowest BCUT2D eigenvalue weighted by molar-refractivity contribution is 0.0526. The molecule has 0 spiro atoms. The fourth-order valence-corrected chi connectivity index (χ4v) is 2.31. The molecular weight excluding hydrogens is 363 g/mol. The summed E-state index contributed by atoms with van der Waals surface area (Å²) in [5.41, 5.74) is 0.400. The van der Waals surface area contributed by atoms with Crippen molar-refractivity contribution in [1.82, 2.24) is 14.8 Å². The summed E-state index contributed by atoms with van der Waals surface area (Å²) in [6, 6.07) is 3.99. The Bertz CT molecular complexity index is 955. The van der Waals surface area contributed by atoms with Gasteiger partial charge in [0.1, 0.15) is 24.1 Å². The summed E-state index contributed by atoms with van der Waals surface area (Å²) < 4.78 is 51.7. The standard InChI is InChI=1S/C18H14F3N3O3/c1-2-26-18(25)12-7-23-24(9-12)17-16(6-15(21)8-22-17)27-10-11-3-13(19)5-14(20)4-11/h3-9H,2,10H2,1H3. The lowest BCUT2D eigenvalue weighted by atomic mass is 10.2. The molecule has 0 aliphatic heterocycles. The molecule has 0 fully saturated rings. The Labute approximate surface area is 152 Å². The van der Waals surface area contributed by atoms with Crippen LogP contribution in [0, 0.1) is 17.5 Å². The average molecular weight is 377 g/mol. The van der Waals surface area contributed by atoms with Crippen molar-refractivity contribution >= 4 is 5.97 Å². The number of halogens is 3. The summed E-state index contributed by atoms with van der Waals surface area (Å²) in [6.07, 6.45) is 3.58. The van der Waals surface area contributed by atoms with Gasteiger partial charge in [0.2, 0.25) is 0 Å². The minimum atomic E-state index is -0.752. The molecule has 6 nitrogen and oxygen atoms in total. The van der Waals surface area contributed by atoms with Gasteiger partial charge in [0.15, 0.2) is 11.6 Å². The SMILES string of the molecule is CCOC(=O)c1cnn(-c2ncc(F)cc2OCc2cc(F)cc(F)c2)c1. The highest BCUT2D eigenvalue weighted by atomic mass is 19.1. The van der Waals surface area contributed by atoms with Gasteiger partial charge in [-0.1, -0.05) is 0 Å². The number of carbonyl (C=O) groups is 1. The van der Waals surface area contributed by atoms with E-state index >= 15 is 0 Å². The summed E-state index contributed by atoms with van der Waals surface area (Å²) in [5.74, 6) is -2.66. The maximum absolute atomic E-state index is 13.6. The lowest BCUT2D eigenvalue weighted by Crippen LogP contribution is -2.06. The highest BCUT2D eigenvalue weighted by molar-refractivity contribution is 5.88. The predicted octanol–water partition coefficient (Wildman–Crippen LogP) is 3.44. The third-order valence-electron chi connectivity index (χ3n) is 3.43. The number of esters is 1. The molecular formula is C18H14F3N3O3. The van der Waals surface area contributed by atoms with Crippen LogP contribution in [0.5, 0.6) is 5.75 Å². The third-order valence-corrected chi connectivity index (χ3v) is 3.43. The van der Waals surface area contributed by atoms with Gasteiger partial charge >= 0.3 is 5.97 Å². The summed E-state index contributed by atoms with van der Waals surface area (Å²) in [4.78, 5) is 15.7. The molecule has 2 aromatic heterocycles. The van der Waals surface area contributed by atoms with Crippen LogP contribution in [-0.2, 0) is 11.3 Å². The molecule has 27 heavy (non-hydrogen) atoms. The molecule has 0 aliphatic carbocycles. The first-order valence-corrected chi connectivity index (χ1v) is 7.91. The van der Waals surface area contributed by atoms with E-state index in [4.69, 9.17) is 9.47 Å². The van der Waals surface area contributed by atoms with Gasteiger partial charge in [0.25, 0.3) is 0 Å². The van der Waals surface area contributed by atoms with Crippen molar-refractivity contribution in [3.63, 3.8) is 0 Å². The Morgan fingerprint density at radius 2 is 1.81 bits per heavy atom. The molecule has 0 bridgehead atoms. The minimum absolute atomic E-state index is 0.0156. The van der Waals surface area contributed by atoms with Gasteiger partial charge in [-0.15, -0.1) is 0 Å². The molecule has 0 radical (unpaired) electrons. The van der Waals surface area contributed by atoms with Crippen molar-refractivity contribution in [2.45, 2.75) is 13.5 Å². The van der Waals surface area contributed by atoms with Crippen LogP contribution in [0.1, 0.15) is 22.8 Å². The van der Waals surface area contributed by atoms with Gasteiger partial charge in [0, 0.05) is 18.3 Å². The Balaban J connectivity index is 1.86. The second-order valence-corrected chi connectivity index (χ2v) is 5.44. The molecule has 0 unspecified atom stereocenters. The molecule has 2 heterocycles. The molecule has 0 N–H and O–H groups in total. The van der Waals surface area contributed by atoms with Gasteiger partial charge < -0.3 is 9.47 Å². The van der Waals surface area contributed by atoms with Crippen molar-refractivity contribution in [2.24, 2.45) is 0 Å². The highest BCUT2D eigenvalue weighted by Crippen LogP contribution is 2.23. The number of benzene rings is 1. The minimum Gasteiger partial charge on any atom is -0.485 e. The maximum atomic E-state index is 13.6. The molecule has 9 heteroatoms. The second kappa shape index (κ2) is 7.90. The van der Waals surface area contributed by atoms with Crippen LogP contribution in [0.3, 0.4) is 0 Å². The number of pyridine rings is 1. The van der Waals surface area contributed by atoms with Crippen LogP contribution in [0.2, 0.25) is 0 Å². The number of rotatable bonds is 6. The number of aromatic nitrogens is 3. The number of carbonyl (C=O) groups excluding carboxylic acids is 1. The predicted molar refractivity (Wildman–Crippen MR) is 88.0 cm³/mol. The first-order chi connectivity index (χ1) is 13.0. The van der Waals surface area contributed by atoms with Crippen LogP contribution in [0.25, 0.3) is 5.82 Å². The Kier molecular flexibility index (Phi) is 5.39. The van der Waals surface area contributed by atoms with Gasteiger partial charge in [-0.3, -0.25) is 0 Å². The van der Waals surface area contributed by atoms with E-state index in [1.165, 1.54) is 17.1 Å². The van der Waals surface area contributed by atoms with Crippen molar-refractivity contribution in [3.8, 4) is 11.6 Å². The molecule has 1 aromatic carbocycles. The van der Waals surface area contributed by atoms with E-state index < -0.39 is 23.4 Å². The molecule has 3 rings (SSSR count). The fourth-order valence-electron chi connectivity index (χ4n) is 2.31. The van der Waals surface area contributed by atoms with E-state index in [-0.39, 0.29) is 35.9 Å². The van der Waals surface area contributed by atoms with Crippen molar-refractivity contribution in [1.29, 1.82) is 0 Å². The van der Waals surface area contributed by atoms with Gasteiger partial charge in [0.05, 0.1) is 24.6 Å². The molecule has 0 aliphatic rings. The zero-order valence-corrected chi connectivity index (χ0v) is 14.2. The van der Waals surface area contributed by atoms with Gasteiger partial charge in [-0.2, -0.15) is 5.10 Å². The Morgan fingerprint density at radius 3 is 2.52 bits per heavy atom. The summed E-state index contributed by atoms with van der Waals surface area (Å²) >= 11 is 0. The van der Waals surface area contributed by atoms with Crippen LogP contribution < -0.4 is 4.74 Å². The molecule has 0 atom stereocenters. The quantitative estimate of drug-likeness (QED) is 0.616. The number of hydrogen-bond donors (Lipinski definition) is 0. The van der Waals surface area contributed by atoms with Crippen LogP contribution in [0.15, 0.2) is 42.9 Å². The first-order valence-electron chi connectivity index (χ1n) is 7.91. The average Bonchev–Trinajstić information content (AvgIpc) is 3.09. The lowest BCUT2D eigenvalue weighted by Gasteiger charge is -2.11. The van der Waals surface area contributed by atoms with E-state index in [0.717, 1.165) is 30.5 Å². The van der Waals surface area contributed by atoms with E-state index in [2.05, 4.69) is 10.1 Å². The maximum Gasteiger partial charge on any atom is 0.341 e. The summed E-state index contributed by atoms with van der Waals surface area (Å²) in [5, 5.41) is 3.99. The molecule has 3 aromatic rings. The summed E-state index contributed by atoms with van der Waals surface area (Å²) in [7, 11) is 0. The van der Waals surface area contributed by atoms with Gasteiger partial charge in [-0.05, 0) is 24.6 Å². The summed E-state index contributed by atoms with van der Waals surface area (Å²) in [6.45, 7) is 1.65. The van der Waals surface area contributed by atoms with Gasteiger partial charge in [-0.25, -0.2) is 27.6 Å². The number of nitrogens with zero attached hydrogens (tertiary/aromatic N) is 3. The molecule has 0 saturated heterocycles. The molecule has 0 amide bonds. The van der Waals surface area contributed by atoms with Crippen molar-refractivity contribution in [2.75, 3.05) is 6.61 Å². The van der Waals surface area contributed by atoms with Crippen LogP contribution >= 0.6 is 0 Å². The fraction of sp³-hybridized carbons (Fsp3) is 0.167. The largest absolute Gasteiger partial charge is 0.485 e. The zero-order valence-electron chi connectivity index (χ0n) is 14.2. The van der Waals surface area contributed by atoms with E-state index in [9.17, 15) is 18.0 Å². The second-order valence-electron chi connectivity index (χ2n) is 5.44. The van der Waals surface area contributed by atoms with Crippen LogP contribution in [0.4, 0.5) is 13.2 Å².